The van der Waals surface area contributed by atoms with E-state index in [1.165, 1.54) is 36.4 Å². The maximum atomic E-state index is 12.7. The van der Waals surface area contributed by atoms with Gasteiger partial charge in [-0.3, -0.25) is 19.7 Å². The van der Waals surface area contributed by atoms with Gasteiger partial charge in [0.15, 0.2) is 0 Å². The first-order chi connectivity index (χ1) is 15.1. The van der Waals surface area contributed by atoms with E-state index in [1.807, 2.05) is 10.7 Å². The van der Waals surface area contributed by atoms with Crippen molar-refractivity contribution in [2.24, 2.45) is 5.10 Å². The van der Waals surface area contributed by atoms with Crippen molar-refractivity contribution in [3.05, 3.63) is 82.1 Å². The Morgan fingerprint density at radius 3 is 2.50 bits per heavy atom. The van der Waals surface area contributed by atoms with Crippen LogP contribution in [-0.4, -0.2) is 23.0 Å². The third-order valence-electron chi connectivity index (χ3n) is 3.98. The number of carbonyl (C=O) groups is 2. The summed E-state index contributed by atoms with van der Waals surface area (Å²) >= 11 is 0. The van der Waals surface area contributed by atoms with Crippen LogP contribution in [0.2, 0.25) is 0 Å². The number of nitrogens with zero attached hydrogens (tertiary/aromatic N) is 2. The predicted molar refractivity (Wildman–Crippen MR) is 107 cm³/mol. The summed E-state index contributed by atoms with van der Waals surface area (Å²) in [7, 11) is 0. The van der Waals surface area contributed by atoms with Gasteiger partial charge in [0, 0.05) is 23.4 Å². The van der Waals surface area contributed by atoms with Crippen LogP contribution >= 0.6 is 0 Å². The molecule has 1 aromatic heterocycles. The zero-order valence-electron chi connectivity index (χ0n) is 15.9. The Morgan fingerprint density at radius 2 is 1.78 bits per heavy atom. The second kappa shape index (κ2) is 9.12. The molecule has 3 aromatic rings. The topological polar surface area (TPSA) is 127 Å². The monoisotopic (exact) mass is 446 g/mol. The molecule has 0 radical (unpaired) electrons. The van der Waals surface area contributed by atoms with Crippen molar-refractivity contribution in [2.45, 2.75) is 6.18 Å². The Balaban J connectivity index is 1.59. The first-order valence-electron chi connectivity index (χ1n) is 8.80. The van der Waals surface area contributed by atoms with Gasteiger partial charge < -0.3 is 9.73 Å². The lowest BCUT2D eigenvalue weighted by Crippen LogP contribution is -2.32. The molecule has 0 unspecified atom stereocenters. The fourth-order valence-electron chi connectivity index (χ4n) is 2.52. The molecular formula is C20H13F3N4O5. The van der Waals surface area contributed by atoms with Crippen molar-refractivity contribution in [1.29, 1.82) is 0 Å². The number of nitrogens with one attached hydrogen (secondary N) is 2. The van der Waals surface area contributed by atoms with E-state index in [0.29, 0.717) is 17.4 Å². The summed E-state index contributed by atoms with van der Waals surface area (Å²) in [5.74, 6) is -1.96. The Kier molecular flexibility index (Phi) is 6.33. The molecule has 2 amide bonds. The molecule has 12 heteroatoms. The number of hydrogen-bond acceptors (Lipinski definition) is 6. The number of non-ortho nitro benzene ring substituents is 1. The van der Waals surface area contributed by atoms with E-state index in [-0.39, 0.29) is 17.1 Å². The molecule has 0 aliphatic heterocycles. The molecule has 9 nitrogen and oxygen atoms in total. The summed E-state index contributed by atoms with van der Waals surface area (Å²) < 4.78 is 43.6. The zero-order valence-corrected chi connectivity index (χ0v) is 15.9. The third kappa shape index (κ3) is 5.56. The minimum atomic E-state index is -4.60. The van der Waals surface area contributed by atoms with Crippen molar-refractivity contribution < 1.29 is 32.1 Å². The van der Waals surface area contributed by atoms with Crippen LogP contribution < -0.4 is 10.7 Å². The van der Waals surface area contributed by atoms with E-state index in [0.717, 1.165) is 18.3 Å². The summed E-state index contributed by atoms with van der Waals surface area (Å²) in [4.78, 5) is 33.9. The van der Waals surface area contributed by atoms with Crippen molar-refractivity contribution in [1.82, 2.24) is 5.43 Å². The Labute approximate surface area is 177 Å². The molecule has 0 aliphatic rings. The van der Waals surface area contributed by atoms with Gasteiger partial charge in [-0.25, -0.2) is 5.43 Å². The number of hydrazone groups is 1. The van der Waals surface area contributed by atoms with Gasteiger partial charge in [0.2, 0.25) is 0 Å². The van der Waals surface area contributed by atoms with E-state index in [4.69, 9.17) is 4.42 Å². The van der Waals surface area contributed by atoms with Crippen LogP contribution in [-0.2, 0) is 15.8 Å². The van der Waals surface area contributed by atoms with Gasteiger partial charge in [0.05, 0.1) is 16.7 Å². The largest absolute Gasteiger partial charge is 0.455 e. The molecule has 0 aliphatic carbocycles. The summed E-state index contributed by atoms with van der Waals surface area (Å²) in [6, 6.07) is 12.5. The molecule has 32 heavy (non-hydrogen) atoms. The van der Waals surface area contributed by atoms with Crippen LogP contribution in [0.3, 0.4) is 0 Å². The number of furan rings is 1. The Hall–Kier alpha value is -4.48. The highest BCUT2D eigenvalue weighted by Gasteiger charge is 2.30. The van der Waals surface area contributed by atoms with Gasteiger partial charge in [-0.05, 0) is 30.3 Å². The highest BCUT2D eigenvalue weighted by Crippen LogP contribution is 2.30. The average Bonchev–Trinajstić information content (AvgIpc) is 3.22. The molecule has 164 valence electrons. The average molecular weight is 446 g/mol. The van der Waals surface area contributed by atoms with Crippen molar-refractivity contribution in [3.63, 3.8) is 0 Å². The minimum Gasteiger partial charge on any atom is -0.455 e. The summed E-state index contributed by atoms with van der Waals surface area (Å²) in [6.45, 7) is 0. The fraction of sp³-hybridized carbons (Fsp3) is 0.0500. The van der Waals surface area contributed by atoms with E-state index in [1.54, 1.807) is 6.07 Å². The molecular weight excluding hydrogens is 433 g/mol. The van der Waals surface area contributed by atoms with Crippen molar-refractivity contribution in [3.8, 4) is 11.3 Å². The quantitative estimate of drug-likeness (QED) is 0.265. The van der Waals surface area contributed by atoms with Crippen LogP contribution in [0, 0.1) is 10.1 Å². The number of carbonyl (C=O) groups excluding carboxylic acids is 2. The smallest absolute Gasteiger partial charge is 0.416 e. The van der Waals surface area contributed by atoms with Gasteiger partial charge in [-0.15, -0.1) is 0 Å². The normalized spacial score (nSPS) is 11.3. The van der Waals surface area contributed by atoms with Gasteiger partial charge in [0.1, 0.15) is 11.5 Å². The number of benzene rings is 2. The highest BCUT2D eigenvalue weighted by molar-refractivity contribution is 6.39. The number of rotatable bonds is 5. The van der Waals surface area contributed by atoms with E-state index in [9.17, 15) is 32.9 Å². The summed E-state index contributed by atoms with van der Waals surface area (Å²) in [6.07, 6.45) is -3.52. The zero-order chi connectivity index (χ0) is 23.3. The predicted octanol–water partition coefficient (Wildman–Crippen LogP) is 3.96. The van der Waals surface area contributed by atoms with Gasteiger partial charge in [-0.1, -0.05) is 18.2 Å². The van der Waals surface area contributed by atoms with E-state index >= 15 is 0 Å². The fourth-order valence-corrected chi connectivity index (χ4v) is 2.52. The van der Waals surface area contributed by atoms with Gasteiger partial charge >= 0.3 is 18.0 Å². The van der Waals surface area contributed by atoms with Crippen molar-refractivity contribution in [2.75, 3.05) is 5.32 Å². The standard InChI is InChI=1S/C20H13F3N4O5/c21-20(22,23)13-4-2-5-14(10-13)25-18(28)19(29)26-24-11-16-7-8-17(32-16)12-3-1-6-15(9-12)27(30)31/h1-11H,(H,25,28)(H,26,29). The van der Waals surface area contributed by atoms with Crippen LogP contribution in [0.15, 0.2) is 70.2 Å². The SMILES string of the molecule is O=C(NN=Cc1ccc(-c2cccc([N+](=O)[O-])c2)o1)C(=O)Nc1cccc(C(F)(F)F)c1. The maximum Gasteiger partial charge on any atom is 0.416 e. The highest BCUT2D eigenvalue weighted by atomic mass is 19.4. The lowest BCUT2D eigenvalue weighted by molar-refractivity contribution is -0.384. The molecule has 0 saturated carbocycles. The van der Waals surface area contributed by atoms with Crippen LogP contribution in [0.5, 0.6) is 0 Å². The lowest BCUT2D eigenvalue weighted by Gasteiger charge is -2.09. The number of alkyl halides is 3. The van der Waals surface area contributed by atoms with Gasteiger partial charge in [-0.2, -0.15) is 18.3 Å². The lowest BCUT2D eigenvalue weighted by atomic mass is 10.1. The van der Waals surface area contributed by atoms with Gasteiger partial charge in [0.25, 0.3) is 5.69 Å². The molecule has 0 fully saturated rings. The van der Waals surface area contributed by atoms with Crippen molar-refractivity contribution >= 4 is 29.4 Å². The third-order valence-corrected chi connectivity index (χ3v) is 3.98. The van der Waals surface area contributed by atoms with E-state index in [2.05, 4.69) is 5.10 Å². The molecule has 0 bridgehead atoms. The minimum absolute atomic E-state index is 0.117. The first kappa shape index (κ1) is 22.2. The Bertz CT molecular complexity index is 1200. The summed E-state index contributed by atoms with van der Waals surface area (Å²) in [5, 5.41) is 16.4. The van der Waals surface area contributed by atoms with E-state index < -0.39 is 28.5 Å². The second-order valence-corrected chi connectivity index (χ2v) is 6.24. The van der Waals surface area contributed by atoms with Crippen LogP contribution in [0.1, 0.15) is 11.3 Å². The first-order valence-corrected chi connectivity index (χ1v) is 8.80. The molecule has 2 aromatic carbocycles. The Morgan fingerprint density at radius 1 is 1.03 bits per heavy atom. The van der Waals surface area contributed by atoms with Crippen LogP contribution in [0.25, 0.3) is 11.3 Å². The molecule has 0 spiro atoms. The molecule has 3 rings (SSSR count). The molecule has 0 saturated heterocycles. The number of nitro groups is 1. The number of halogens is 3. The number of nitro benzene ring substituents is 1. The molecule has 1 heterocycles. The number of anilines is 1. The number of hydrogen-bond donors (Lipinski definition) is 2. The maximum absolute atomic E-state index is 12.7. The second-order valence-electron chi connectivity index (χ2n) is 6.24. The van der Waals surface area contributed by atoms with Crippen LogP contribution in [0.4, 0.5) is 24.5 Å². The molecule has 0 atom stereocenters. The number of amides is 2. The molecule has 2 N–H and O–H groups in total. The summed E-state index contributed by atoms with van der Waals surface area (Å²) in [5.41, 5.74) is 1.05.